The van der Waals surface area contributed by atoms with Gasteiger partial charge in [0.15, 0.2) is 0 Å². The van der Waals surface area contributed by atoms with Gasteiger partial charge in [0.25, 0.3) is 0 Å². The molecule has 2 aromatic rings. The van der Waals surface area contributed by atoms with Crippen molar-refractivity contribution in [2.75, 3.05) is 26.8 Å². The first-order chi connectivity index (χ1) is 13.7. The predicted octanol–water partition coefficient (Wildman–Crippen LogP) is 4.39. The van der Waals surface area contributed by atoms with Crippen molar-refractivity contribution in [3.63, 3.8) is 0 Å². The van der Waals surface area contributed by atoms with Crippen LogP contribution in [0.3, 0.4) is 0 Å². The summed E-state index contributed by atoms with van der Waals surface area (Å²) in [5, 5.41) is 0. The van der Waals surface area contributed by atoms with Crippen molar-refractivity contribution in [3.05, 3.63) is 59.2 Å². The predicted molar refractivity (Wildman–Crippen MR) is 112 cm³/mol. The van der Waals surface area contributed by atoms with Crippen LogP contribution in [-0.4, -0.2) is 44.0 Å². The van der Waals surface area contributed by atoms with Gasteiger partial charge in [-0.2, -0.15) is 0 Å². The van der Waals surface area contributed by atoms with Gasteiger partial charge >= 0.3 is 0 Å². The van der Waals surface area contributed by atoms with E-state index in [0.29, 0.717) is 25.1 Å². The highest BCUT2D eigenvalue weighted by molar-refractivity contribution is 5.52. The van der Waals surface area contributed by atoms with E-state index >= 15 is 0 Å². The van der Waals surface area contributed by atoms with E-state index in [9.17, 15) is 4.79 Å². The Morgan fingerprint density at radius 3 is 2.71 bits per heavy atom. The molecule has 4 nitrogen and oxygen atoms in total. The SMILES string of the molecule is CCOc1ccc(C2C[C@H](CCc3ccccc3OC)N(CC=O)C2)cc1C. The fourth-order valence-electron chi connectivity index (χ4n) is 4.32. The summed E-state index contributed by atoms with van der Waals surface area (Å²) < 4.78 is 11.2. The number of ether oxygens (including phenoxy) is 2. The van der Waals surface area contributed by atoms with E-state index in [1.54, 1.807) is 7.11 Å². The van der Waals surface area contributed by atoms with Crippen molar-refractivity contribution in [1.82, 2.24) is 4.90 Å². The molecule has 0 N–H and O–H groups in total. The van der Waals surface area contributed by atoms with Crippen molar-refractivity contribution >= 4 is 6.29 Å². The number of nitrogens with zero attached hydrogens (tertiary/aromatic N) is 1. The Balaban J connectivity index is 1.70. The Morgan fingerprint density at radius 1 is 1.18 bits per heavy atom. The van der Waals surface area contributed by atoms with Gasteiger partial charge < -0.3 is 14.3 Å². The van der Waals surface area contributed by atoms with Crippen LogP contribution in [0, 0.1) is 6.92 Å². The minimum atomic E-state index is 0.409. The Bertz CT molecular complexity index is 789. The first-order valence-electron chi connectivity index (χ1n) is 10.2. The first-order valence-corrected chi connectivity index (χ1v) is 10.2. The zero-order chi connectivity index (χ0) is 19.9. The summed E-state index contributed by atoms with van der Waals surface area (Å²) in [4.78, 5) is 13.5. The van der Waals surface area contributed by atoms with E-state index in [2.05, 4.69) is 42.2 Å². The van der Waals surface area contributed by atoms with E-state index in [0.717, 1.165) is 43.6 Å². The van der Waals surface area contributed by atoms with Crippen LogP contribution in [0.25, 0.3) is 0 Å². The molecule has 1 unspecified atom stereocenters. The topological polar surface area (TPSA) is 38.8 Å². The lowest BCUT2D eigenvalue weighted by Crippen LogP contribution is -2.31. The van der Waals surface area contributed by atoms with Crippen LogP contribution in [0.4, 0.5) is 0 Å². The third-order valence-corrected chi connectivity index (χ3v) is 5.75. The molecular formula is C24H31NO3. The van der Waals surface area contributed by atoms with Crippen LogP contribution in [-0.2, 0) is 11.2 Å². The third kappa shape index (κ3) is 4.74. The molecule has 0 saturated carbocycles. The van der Waals surface area contributed by atoms with Crippen LogP contribution in [0.2, 0.25) is 0 Å². The van der Waals surface area contributed by atoms with Crippen LogP contribution in [0.5, 0.6) is 11.5 Å². The Hall–Kier alpha value is -2.33. The van der Waals surface area contributed by atoms with Crippen molar-refractivity contribution < 1.29 is 14.3 Å². The fourth-order valence-corrected chi connectivity index (χ4v) is 4.32. The quantitative estimate of drug-likeness (QED) is 0.604. The number of likely N-dealkylation sites (tertiary alicyclic amines) is 1. The molecule has 150 valence electrons. The van der Waals surface area contributed by atoms with Crippen LogP contribution in [0.15, 0.2) is 42.5 Å². The molecule has 0 spiro atoms. The number of methoxy groups -OCH3 is 1. The summed E-state index contributed by atoms with van der Waals surface area (Å²) in [5.74, 6) is 2.36. The summed E-state index contributed by atoms with van der Waals surface area (Å²) in [5.41, 5.74) is 3.76. The summed E-state index contributed by atoms with van der Waals surface area (Å²) in [6.45, 7) is 6.23. The second kappa shape index (κ2) is 9.74. The van der Waals surface area contributed by atoms with Gasteiger partial charge in [-0.25, -0.2) is 0 Å². The molecule has 0 radical (unpaired) electrons. The number of carbonyl (C=O) groups excluding carboxylic acids is 1. The molecule has 4 heteroatoms. The van der Waals surface area contributed by atoms with Gasteiger partial charge in [-0.05, 0) is 67.9 Å². The monoisotopic (exact) mass is 381 g/mol. The molecule has 28 heavy (non-hydrogen) atoms. The molecule has 0 aromatic heterocycles. The Labute approximate surface area is 168 Å². The molecule has 0 bridgehead atoms. The third-order valence-electron chi connectivity index (χ3n) is 5.75. The number of benzene rings is 2. The van der Waals surface area contributed by atoms with Gasteiger partial charge in [-0.3, -0.25) is 4.90 Å². The first kappa shape index (κ1) is 20.4. The molecular weight excluding hydrogens is 350 g/mol. The Morgan fingerprint density at radius 2 is 2.00 bits per heavy atom. The molecule has 1 aliphatic heterocycles. The zero-order valence-electron chi connectivity index (χ0n) is 17.2. The number of aryl methyl sites for hydroxylation is 2. The Kier molecular flexibility index (Phi) is 7.10. The number of carbonyl (C=O) groups is 1. The summed E-state index contributed by atoms with van der Waals surface area (Å²) in [6.07, 6.45) is 4.10. The average molecular weight is 382 g/mol. The average Bonchev–Trinajstić information content (AvgIpc) is 3.11. The number of hydrogen-bond acceptors (Lipinski definition) is 4. The van der Waals surface area contributed by atoms with E-state index in [1.165, 1.54) is 16.7 Å². The van der Waals surface area contributed by atoms with Crippen molar-refractivity contribution in [2.24, 2.45) is 0 Å². The minimum Gasteiger partial charge on any atom is -0.496 e. The number of para-hydroxylation sites is 1. The smallest absolute Gasteiger partial charge is 0.133 e. The van der Waals surface area contributed by atoms with Gasteiger partial charge in [0, 0.05) is 12.6 Å². The molecule has 2 atom stereocenters. The van der Waals surface area contributed by atoms with Crippen molar-refractivity contribution in [3.8, 4) is 11.5 Å². The van der Waals surface area contributed by atoms with E-state index < -0.39 is 0 Å². The minimum absolute atomic E-state index is 0.409. The number of aldehydes is 1. The molecule has 0 amide bonds. The van der Waals surface area contributed by atoms with E-state index in [1.807, 2.05) is 19.1 Å². The van der Waals surface area contributed by atoms with Gasteiger partial charge in [0.2, 0.25) is 0 Å². The molecule has 3 rings (SSSR count). The highest BCUT2D eigenvalue weighted by Gasteiger charge is 2.32. The molecule has 2 aromatic carbocycles. The summed E-state index contributed by atoms with van der Waals surface area (Å²) in [6, 6.07) is 15.1. The van der Waals surface area contributed by atoms with Crippen LogP contribution < -0.4 is 9.47 Å². The van der Waals surface area contributed by atoms with Crippen molar-refractivity contribution in [1.29, 1.82) is 0 Å². The van der Waals surface area contributed by atoms with Gasteiger partial charge in [0.05, 0.1) is 20.3 Å². The lowest BCUT2D eigenvalue weighted by atomic mass is 9.93. The molecule has 1 saturated heterocycles. The highest BCUT2D eigenvalue weighted by Crippen LogP contribution is 2.35. The van der Waals surface area contributed by atoms with E-state index in [-0.39, 0.29) is 0 Å². The maximum absolute atomic E-state index is 11.2. The summed E-state index contributed by atoms with van der Waals surface area (Å²) >= 11 is 0. The zero-order valence-corrected chi connectivity index (χ0v) is 17.2. The number of rotatable bonds is 9. The maximum Gasteiger partial charge on any atom is 0.133 e. The van der Waals surface area contributed by atoms with Gasteiger partial charge in [-0.15, -0.1) is 0 Å². The number of hydrogen-bond donors (Lipinski definition) is 0. The maximum atomic E-state index is 11.2. The van der Waals surface area contributed by atoms with Gasteiger partial charge in [-0.1, -0.05) is 30.3 Å². The van der Waals surface area contributed by atoms with Crippen LogP contribution in [0.1, 0.15) is 42.4 Å². The normalized spacial score (nSPS) is 19.5. The molecule has 1 aliphatic rings. The molecule has 1 fully saturated rings. The standard InChI is InChI=1S/C24H31NO3/c1-4-28-23-12-10-20(15-18(23)2)21-16-22(25(17-21)13-14-26)11-9-19-7-5-6-8-24(19)27-3/h5-8,10,12,14-15,21-22H,4,9,11,13,16-17H2,1-3H3/t21?,22-/m0/s1. The highest BCUT2D eigenvalue weighted by atomic mass is 16.5. The lowest BCUT2D eigenvalue weighted by Gasteiger charge is -2.22. The van der Waals surface area contributed by atoms with Crippen molar-refractivity contribution in [2.45, 2.75) is 45.1 Å². The van der Waals surface area contributed by atoms with Gasteiger partial charge in [0.1, 0.15) is 17.8 Å². The second-order valence-corrected chi connectivity index (χ2v) is 7.52. The summed E-state index contributed by atoms with van der Waals surface area (Å²) in [7, 11) is 1.72. The lowest BCUT2D eigenvalue weighted by molar-refractivity contribution is -0.109. The van der Waals surface area contributed by atoms with Crippen LogP contribution >= 0.6 is 0 Å². The largest absolute Gasteiger partial charge is 0.496 e. The second-order valence-electron chi connectivity index (χ2n) is 7.52. The molecule has 0 aliphatic carbocycles. The van der Waals surface area contributed by atoms with E-state index in [4.69, 9.17) is 9.47 Å². The fraction of sp³-hybridized carbons (Fsp3) is 0.458. The molecule has 1 heterocycles.